The molecule has 148 valence electrons. The summed E-state index contributed by atoms with van der Waals surface area (Å²) in [6, 6.07) is 7.35. The Balaban J connectivity index is 1.81. The average Bonchev–Trinajstić information content (AvgIpc) is 3.16. The lowest BCUT2D eigenvalue weighted by molar-refractivity contribution is 0.454. The fourth-order valence-corrected chi connectivity index (χ4v) is 4.98. The van der Waals surface area contributed by atoms with Crippen molar-refractivity contribution >= 4 is 16.5 Å². The van der Waals surface area contributed by atoms with Gasteiger partial charge in [-0.05, 0) is 48.3 Å². The summed E-state index contributed by atoms with van der Waals surface area (Å²) in [5, 5.41) is 3.35. The quantitative estimate of drug-likeness (QED) is 0.658. The van der Waals surface area contributed by atoms with Gasteiger partial charge in [-0.25, -0.2) is 4.98 Å². The molecule has 0 amide bonds. The van der Waals surface area contributed by atoms with Crippen molar-refractivity contribution in [2.75, 3.05) is 18.0 Å². The highest BCUT2D eigenvalue weighted by molar-refractivity contribution is 7.14. The van der Waals surface area contributed by atoms with Crippen LogP contribution < -0.4 is 10.6 Å². The van der Waals surface area contributed by atoms with E-state index in [2.05, 4.69) is 56.2 Å². The van der Waals surface area contributed by atoms with Gasteiger partial charge in [0.1, 0.15) is 0 Å². The number of thiazole rings is 1. The Kier molecular flexibility index (Phi) is 6.59. The van der Waals surface area contributed by atoms with Crippen LogP contribution in [-0.2, 0) is 11.8 Å². The van der Waals surface area contributed by atoms with Crippen molar-refractivity contribution in [2.24, 2.45) is 5.73 Å². The van der Waals surface area contributed by atoms with Gasteiger partial charge in [-0.3, -0.25) is 0 Å². The zero-order chi connectivity index (χ0) is 19.4. The van der Waals surface area contributed by atoms with Crippen LogP contribution in [0.3, 0.4) is 0 Å². The number of nitrogens with two attached hydrogens (primary N) is 1. The van der Waals surface area contributed by atoms with Crippen molar-refractivity contribution in [3.8, 4) is 11.3 Å². The molecule has 1 aliphatic heterocycles. The molecule has 3 nitrogen and oxygen atoms in total. The molecule has 2 heterocycles. The van der Waals surface area contributed by atoms with Gasteiger partial charge in [0.15, 0.2) is 5.13 Å². The van der Waals surface area contributed by atoms with Crippen LogP contribution in [0.25, 0.3) is 11.3 Å². The molecule has 0 aliphatic carbocycles. The number of piperidine rings is 1. The Morgan fingerprint density at radius 2 is 1.96 bits per heavy atom. The van der Waals surface area contributed by atoms with Crippen molar-refractivity contribution in [2.45, 2.75) is 77.7 Å². The molecule has 0 atom stereocenters. The molecule has 27 heavy (non-hydrogen) atoms. The van der Waals surface area contributed by atoms with Gasteiger partial charge in [0.2, 0.25) is 0 Å². The van der Waals surface area contributed by atoms with E-state index in [0.717, 1.165) is 43.2 Å². The lowest BCUT2D eigenvalue weighted by Gasteiger charge is -2.29. The Labute approximate surface area is 169 Å². The maximum Gasteiger partial charge on any atom is 0.185 e. The summed E-state index contributed by atoms with van der Waals surface area (Å²) >= 11 is 1.76. The van der Waals surface area contributed by atoms with E-state index >= 15 is 0 Å². The predicted molar refractivity (Wildman–Crippen MR) is 119 cm³/mol. The summed E-state index contributed by atoms with van der Waals surface area (Å²) < 4.78 is 0. The summed E-state index contributed by atoms with van der Waals surface area (Å²) in [5.74, 6) is 0. The monoisotopic (exact) mass is 385 g/mol. The highest BCUT2D eigenvalue weighted by atomic mass is 32.1. The highest BCUT2D eigenvalue weighted by Gasteiger charge is 2.23. The normalized spacial score (nSPS) is 16.1. The van der Waals surface area contributed by atoms with Gasteiger partial charge in [-0.1, -0.05) is 52.7 Å². The molecule has 2 N–H and O–H groups in total. The number of hydrogen-bond acceptors (Lipinski definition) is 4. The van der Waals surface area contributed by atoms with Gasteiger partial charge in [0.25, 0.3) is 0 Å². The van der Waals surface area contributed by atoms with Gasteiger partial charge in [-0.2, -0.15) is 0 Å². The third-order valence-electron chi connectivity index (χ3n) is 5.97. The van der Waals surface area contributed by atoms with Crippen LogP contribution in [0.1, 0.15) is 70.9 Å². The minimum atomic E-state index is 0.236. The fourth-order valence-electron chi connectivity index (χ4n) is 4.09. The number of benzene rings is 1. The first-order chi connectivity index (χ1) is 12.9. The molecule has 4 heteroatoms. The summed E-state index contributed by atoms with van der Waals surface area (Å²) in [7, 11) is 0. The minimum absolute atomic E-state index is 0.236. The summed E-state index contributed by atoms with van der Waals surface area (Å²) in [4.78, 5) is 7.34. The molecule has 1 fully saturated rings. The third kappa shape index (κ3) is 4.72. The van der Waals surface area contributed by atoms with E-state index in [1.165, 1.54) is 36.0 Å². The molecule has 0 spiro atoms. The molecule has 0 radical (unpaired) electrons. The van der Waals surface area contributed by atoms with Crippen molar-refractivity contribution in [1.29, 1.82) is 0 Å². The summed E-state index contributed by atoms with van der Waals surface area (Å²) in [6.45, 7) is 11.4. The number of aryl methyl sites for hydroxylation is 1. The number of hydrogen-bond donors (Lipinski definition) is 1. The first-order valence-electron chi connectivity index (χ1n) is 10.5. The first-order valence-corrected chi connectivity index (χ1v) is 11.4. The lowest BCUT2D eigenvalue weighted by atomic mass is 9.77. The molecule has 3 rings (SSSR count). The second-order valence-electron chi connectivity index (χ2n) is 8.55. The summed E-state index contributed by atoms with van der Waals surface area (Å²) in [6.07, 6.45) is 6.99. The van der Waals surface area contributed by atoms with E-state index in [-0.39, 0.29) is 5.41 Å². The number of aromatic nitrogens is 1. The van der Waals surface area contributed by atoms with E-state index in [0.29, 0.717) is 6.04 Å². The van der Waals surface area contributed by atoms with Crippen LogP contribution in [0.2, 0.25) is 0 Å². The lowest BCUT2D eigenvalue weighted by Crippen LogP contribution is -2.39. The van der Waals surface area contributed by atoms with Crippen LogP contribution >= 0.6 is 11.3 Å². The number of anilines is 1. The van der Waals surface area contributed by atoms with E-state index in [4.69, 9.17) is 10.7 Å². The number of nitrogens with zero attached hydrogens (tertiary/aromatic N) is 2. The zero-order valence-electron chi connectivity index (χ0n) is 17.4. The Bertz CT molecular complexity index is 742. The maximum atomic E-state index is 6.04. The Hall–Kier alpha value is -1.39. The van der Waals surface area contributed by atoms with Crippen LogP contribution in [-0.4, -0.2) is 24.1 Å². The minimum Gasteiger partial charge on any atom is -0.348 e. The molecular weight excluding hydrogens is 350 g/mol. The van der Waals surface area contributed by atoms with Crippen molar-refractivity contribution in [1.82, 2.24) is 4.98 Å². The van der Waals surface area contributed by atoms with Crippen LogP contribution in [0.15, 0.2) is 23.6 Å². The SMILES string of the molecule is CCCCC(C)(C)c1ccc(-c2csc(N3CCC(N)CC3)n2)cc1CC. The van der Waals surface area contributed by atoms with E-state index in [9.17, 15) is 0 Å². The van der Waals surface area contributed by atoms with Crippen LogP contribution in [0.5, 0.6) is 0 Å². The van der Waals surface area contributed by atoms with E-state index in [1.807, 2.05) is 0 Å². The molecule has 2 aromatic rings. The third-order valence-corrected chi connectivity index (χ3v) is 6.87. The predicted octanol–water partition coefficient (Wildman–Crippen LogP) is 5.77. The van der Waals surface area contributed by atoms with Gasteiger partial charge in [-0.15, -0.1) is 11.3 Å². The topological polar surface area (TPSA) is 42.1 Å². The van der Waals surface area contributed by atoms with Gasteiger partial charge in [0, 0.05) is 30.1 Å². The number of unbranched alkanes of at least 4 members (excludes halogenated alkanes) is 1. The molecule has 1 aliphatic rings. The van der Waals surface area contributed by atoms with Gasteiger partial charge in [0.05, 0.1) is 5.69 Å². The smallest absolute Gasteiger partial charge is 0.185 e. The van der Waals surface area contributed by atoms with Gasteiger partial charge >= 0.3 is 0 Å². The second-order valence-corrected chi connectivity index (χ2v) is 9.39. The van der Waals surface area contributed by atoms with E-state index < -0.39 is 0 Å². The molecular formula is C23H35N3S. The van der Waals surface area contributed by atoms with Crippen molar-refractivity contribution in [3.63, 3.8) is 0 Å². The molecule has 1 saturated heterocycles. The molecule has 0 saturated carbocycles. The van der Waals surface area contributed by atoms with Crippen molar-refractivity contribution < 1.29 is 0 Å². The van der Waals surface area contributed by atoms with Crippen molar-refractivity contribution in [3.05, 3.63) is 34.7 Å². The highest BCUT2D eigenvalue weighted by Crippen LogP contribution is 2.35. The molecule has 0 unspecified atom stereocenters. The van der Waals surface area contributed by atoms with Crippen LogP contribution in [0.4, 0.5) is 5.13 Å². The largest absolute Gasteiger partial charge is 0.348 e. The van der Waals surface area contributed by atoms with Crippen LogP contribution in [0, 0.1) is 0 Å². The fraction of sp³-hybridized carbons (Fsp3) is 0.609. The Morgan fingerprint density at radius 1 is 1.22 bits per heavy atom. The van der Waals surface area contributed by atoms with Gasteiger partial charge < -0.3 is 10.6 Å². The second kappa shape index (κ2) is 8.74. The maximum absolute atomic E-state index is 6.04. The van der Waals surface area contributed by atoms with E-state index in [1.54, 1.807) is 11.3 Å². The molecule has 1 aromatic heterocycles. The first kappa shape index (κ1) is 20.3. The zero-order valence-corrected chi connectivity index (χ0v) is 18.2. The number of rotatable bonds is 7. The Morgan fingerprint density at radius 3 is 2.63 bits per heavy atom. The summed E-state index contributed by atoms with van der Waals surface area (Å²) in [5.41, 5.74) is 11.6. The molecule has 1 aromatic carbocycles. The average molecular weight is 386 g/mol. The standard InChI is InChI=1S/C23H35N3S/c1-5-7-12-23(3,4)20-9-8-18(15-17(20)6-2)21-16-27-22(25-21)26-13-10-19(24)11-14-26/h8-9,15-16,19H,5-7,10-14,24H2,1-4H3. The molecule has 0 bridgehead atoms.